The van der Waals surface area contributed by atoms with Crippen LogP contribution in [0.3, 0.4) is 0 Å². The molecular formula is C18H22ClN3O3S. The fraction of sp³-hybridized carbons (Fsp3) is 0.389. The third kappa shape index (κ3) is 4.47. The van der Waals surface area contributed by atoms with E-state index in [1.165, 1.54) is 19.2 Å². The first kappa shape index (κ1) is 18.9. The Balaban J connectivity index is 1.55. The van der Waals surface area contributed by atoms with E-state index in [2.05, 4.69) is 14.6 Å². The quantitative estimate of drug-likeness (QED) is 0.814. The van der Waals surface area contributed by atoms with Crippen LogP contribution in [0, 0.1) is 5.92 Å². The molecule has 0 radical (unpaired) electrons. The van der Waals surface area contributed by atoms with Gasteiger partial charge in [0.15, 0.2) is 0 Å². The Labute approximate surface area is 159 Å². The van der Waals surface area contributed by atoms with E-state index in [9.17, 15) is 8.42 Å². The van der Waals surface area contributed by atoms with Gasteiger partial charge in [0.1, 0.15) is 11.6 Å². The molecule has 0 unspecified atom stereocenters. The van der Waals surface area contributed by atoms with Crippen molar-refractivity contribution >= 4 is 27.4 Å². The first-order valence-corrected chi connectivity index (χ1v) is 10.3. The second-order valence-electron chi connectivity index (χ2n) is 6.27. The summed E-state index contributed by atoms with van der Waals surface area (Å²) in [5.41, 5.74) is 0. The first-order chi connectivity index (χ1) is 12.5. The smallest absolute Gasteiger partial charge is 0.240 e. The summed E-state index contributed by atoms with van der Waals surface area (Å²) in [5.74, 6) is 1.73. The fourth-order valence-corrected chi connectivity index (χ4v) is 4.50. The predicted octanol–water partition coefficient (Wildman–Crippen LogP) is 2.94. The summed E-state index contributed by atoms with van der Waals surface area (Å²) in [6, 6.07) is 10.3. The van der Waals surface area contributed by atoms with Crippen LogP contribution in [0.15, 0.2) is 47.5 Å². The Morgan fingerprint density at radius 1 is 1.27 bits per heavy atom. The van der Waals surface area contributed by atoms with E-state index in [1.54, 1.807) is 12.3 Å². The number of hydrogen-bond donors (Lipinski definition) is 1. The Bertz CT molecular complexity index is 838. The number of halogens is 1. The lowest BCUT2D eigenvalue weighted by Gasteiger charge is -2.32. The molecule has 1 aromatic heterocycles. The molecule has 1 aliphatic rings. The normalized spacial score (nSPS) is 15.8. The van der Waals surface area contributed by atoms with Crippen molar-refractivity contribution in [2.75, 3.05) is 31.6 Å². The highest BCUT2D eigenvalue weighted by Gasteiger charge is 2.23. The molecule has 1 N–H and O–H groups in total. The van der Waals surface area contributed by atoms with Gasteiger partial charge in [-0.05, 0) is 49.1 Å². The molecule has 0 aliphatic carbocycles. The van der Waals surface area contributed by atoms with Crippen LogP contribution in [0.4, 0.5) is 5.82 Å². The topological polar surface area (TPSA) is 71.5 Å². The van der Waals surface area contributed by atoms with E-state index in [1.807, 2.05) is 18.2 Å². The molecule has 1 aliphatic heterocycles. The molecule has 3 rings (SSSR count). The minimum absolute atomic E-state index is 0.147. The minimum Gasteiger partial charge on any atom is -0.495 e. The molecule has 6 nitrogen and oxygen atoms in total. The molecule has 2 heterocycles. The summed E-state index contributed by atoms with van der Waals surface area (Å²) in [6.07, 6.45) is 3.63. The Kier molecular flexibility index (Phi) is 6.01. The zero-order valence-corrected chi connectivity index (χ0v) is 16.1. The fourth-order valence-electron chi connectivity index (χ4n) is 3.03. The van der Waals surface area contributed by atoms with E-state index in [0.29, 0.717) is 18.2 Å². The largest absolute Gasteiger partial charge is 0.495 e. The summed E-state index contributed by atoms with van der Waals surface area (Å²) in [5, 5.41) is 0.277. The molecule has 0 bridgehead atoms. The highest BCUT2D eigenvalue weighted by atomic mass is 35.5. The standard InChI is InChI=1S/C18H22ClN3O3S/c1-25-17-6-5-15(12-16(17)19)26(23,24)21-13-14-7-10-22(11-8-14)18-4-2-3-9-20-18/h2-6,9,12,14,21H,7-8,10-11,13H2,1H3. The molecule has 1 saturated heterocycles. The second kappa shape index (κ2) is 8.24. The average Bonchev–Trinajstić information content (AvgIpc) is 2.67. The Morgan fingerprint density at radius 2 is 2.04 bits per heavy atom. The van der Waals surface area contributed by atoms with Crippen LogP contribution in [0.1, 0.15) is 12.8 Å². The van der Waals surface area contributed by atoms with Crippen molar-refractivity contribution in [2.45, 2.75) is 17.7 Å². The summed E-state index contributed by atoms with van der Waals surface area (Å²) in [7, 11) is -2.10. The number of nitrogens with zero attached hydrogens (tertiary/aromatic N) is 2. The van der Waals surface area contributed by atoms with Crippen LogP contribution in [-0.2, 0) is 10.0 Å². The zero-order chi connectivity index (χ0) is 18.6. The van der Waals surface area contributed by atoms with Crippen molar-refractivity contribution < 1.29 is 13.2 Å². The van der Waals surface area contributed by atoms with Crippen molar-refractivity contribution in [1.29, 1.82) is 0 Å². The molecule has 0 atom stereocenters. The number of piperidine rings is 1. The average molecular weight is 396 g/mol. The van der Waals surface area contributed by atoms with Crippen LogP contribution in [-0.4, -0.2) is 40.1 Å². The molecule has 2 aromatic rings. The van der Waals surface area contributed by atoms with Crippen LogP contribution < -0.4 is 14.4 Å². The van der Waals surface area contributed by atoms with Crippen LogP contribution in [0.2, 0.25) is 5.02 Å². The van der Waals surface area contributed by atoms with Crippen molar-refractivity contribution in [3.05, 3.63) is 47.6 Å². The van der Waals surface area contributed by atoms with Crippen molar-refractivity contribution in [2.24, 2.45) is 5.92 Å². The van der Waals surface area contributed by atoms with Gasteiger partial charge in [0, 0.05) is 25.8 Å². The molecule has 8 heteroatoms. The van der Waals surface area contributed by atoms with E-state index in [0.717, 1.165) is 31.7 Å². The van der Waals surface area contributed by atoms with Gasteiger partial charge in [0.2, 0.25) is 10.0 Å². The van der Waals surface area contributed by atoms with Gasteiger partial charge >= 0.3 is 0 Å². The van der Waals surface area contributed by atoms with Crippen molar-refractivity contribution in [3.8, 4) is 5.75 Å². The molecule has 26 heavy (non-hydrogen) atoms. The molecule has 140 valence electrons. The van der Waals surface area contributed by atoms with E-state index in [-0.39, 0.29) is 9.92 Å². The number of pyridine rings is 1. The minimum atomic E-state index is -3.59. The highest BCUT2D eigenvalue weighted by Crippen LogP contribution is 2.27. The molecule has 0 spiro atoms. The SMILES string of the molecule is COc1ccc(S(=O)(=O)NCC2CCN(c3ccccn3)CC2)cc1Cl. The molecule has 0 amide bonds. The van der Waals surface area contributed by atoms with Crippen LogP contribution in [0.5, 0.6) is 5.75 Å². The van der Waals surface area contributed by atoms with Crippen molar-refractivity contribution in [1.82, 2.24) is 9.71 Å². The molecule has 0 saturated carbocycles. The van der Waals surface area contributed by atoms with Gasteiger partial charge in [-0.1, -0.05) is 17.7 Å². The second-order valence-corrected chi connectivity index (χ2v) is 8.44. The van der Waals surface area contributed by atoms with Gasteiger partial charge in [-0.3, -0.25) is 0 Å². The summed E-state index contributed by atoms with van der Waals surface area (Å²) >= 11 is 6.03. The molecule has 1 fully saturated rings. The lowest BCUT2D eigenvalue weighted by molar-refractivity contribution is 0.400. The first-order valence-electron chi connectivity index (χ1n) is 8.49. The number of ether oxygens (including phenoxy) is 1. The van der Waals surface area contributed by atoms with Gasteiger partial charge in [0.05, 0.1) is 17.0 Å². The number of aromatic nitrogens is 1. The number of methoxy groups -OCH3 is 1. The lowest BCUT2D eigenvalue weighted by atomic mass is 9.97. The number of benzene rings is 1. The molecule has 1 aromatic carbocycles. The predicted molar refractivity (Wildman–Crippen MR) is 102 cm³/mol. The monoisotopic (exact) mass is 395 g/mol. The maximum Gasteiger partial charge on any atom is 0.240 e. The zero-order valence-electron chi connectivity index (χ0n) is 14.6. The van der Waals surface area contributed by atoms with E-state index >= 15 is 0 Å². The maximum atomic E-state index is 12.5. The van der Waals surface area contributed by atoms with Gasteiger partial charge < -0.3 is 9.64 Å². The number of sulfonamides is 1. The maximum absolute atomic E-state index is 12.5. The Morgan fingerprint density at radius 3 is 2.65 bits per heavy atom. The van der Waals surface area contributed by atoms with E-state index in [4.69, 9.17) is 16.3 Å². The van der Waals surface area contributed by atoms with Crippen molar-refractivity contribution in [3.63, 3.8) is 0 Å². The Hall–Kier alpha value is -1.83. The molecular weight excluding hydrogens is 374 g/mol. The number of anilines is 1. The lowest BCUT2D eigenvalue weighted by Crippen LogP contribution is -2.39. The third-order valence-corrected chi connectivity index (χ3v) is 6.30. The van der Waals surface area contributed by atoms with Crippen LogP contribution >= 0.6 is 11.6 Å². The summed E-state index contributed by atoms with van der Waals surface area (Å²) in [6.45, 7) is 2.16. The summed E-state index contributed by atoms with van der Waals surface area (Å²) < 4.78 is 32.7. The van der Waals surface area contributed by atoms with Gasteiger partial charge in [-0.15, -0.1) is 0 Å². The summed E-state index contributed by atoms with van der Waals surface area (Å²) in [4.78, 5) is 6.74. The van der Waals surface area contributed by atoms with Crippen LogP contribution in [0.25, 0.3) is 0 Å². The van der Waals surface area contributed by atoms with Gasteiger partial charge in [0.25, 0.3) is 0 Å². The highest BCUT2D eigenvalue weighted by molar-refractivity contribution is 7.89. The van der Waals surface area contributed by atoms with Gasteiger partial charge in [-0.25, -0.2) is 18.1 Å². The third-order valence-electron chi connectivity index (χ3n) is 4.58. The number of hydrogen-bond acceptors (Lipinski definition) is 5. The van der Waals surface area contributed by atoms with E-state index < -0.39 is 10.0 Å². The van der Waals surface area contributed by atoms with Gasteiger partial charge in [-0.2, -0.15) is 0 Å². The number of nitrogens with one attached hydrogen (secondary N) is 1. The number of rotatable bonds is 6.